The second kappa shape index (κ2) is 4.87. The van der Waals surface area contributed by atoms with Gasteiger partial charge in [-0.2, -0.15) is 8.42 Å². The Labute approximate surface area is 117 Å². The molecule has 0 aliphatic carbocycles. The number of imidazole rings is 1. The van der Waals surface area contributed by atoms with Gasteiger partial charge >= 0.3 is 0 Å². The van der Waals surface area contributed by atoms with Crippen LogP contribution in [-0.4, -0.2) is 23.4 Å². The average Bonchev–Trinajstić information content (AvgIpc) is 2.71. The maximum absolute atomic E-state index is 12.0. The molecular weight excluding hydrogens is 344 g/mol. The second-order valence-corrected chi connectivity index (χ2v) is 6.35. The van der Waals surface area contributed by atoms with Crippen molar-refractivity contribution in [2.75, 3.05) is 4.72 Å². The van der Waals surface area contributed by atoms with Gasteiger partial charge in [-0.1, -0.05) is 11.6 Å². The predicted octanol–water partition coefficient (Wildman–Crippen LogP) is 2.33. The third-order valence-electron chi connectivity index (χ3n) is 2.02. The minimum atomic E-state index is -3.75. The van der Waals surface area contributed by atoms with E-state index in [4.69, 9.17) is 11.6 Å². The normalized spacial score (nSPS) is 11.5. The fourth-order valence-corrected chi connectivity index (χ4v) is 2.80. The van der Waals surface area contributed by atoms with Gasteiger partial charge in [0.25, 0.3) is 10.0 Å². The number of nitrogens with zero attached hydrogens (tertiary/aromatic N) is 2. The predicted molar refractivity (Wildman–Crippen MR) is 71.1 cm³/mol. The van der Waals surface area contributed by atoms with Crippen molar-refractivity contribution in [3.63, 3.8) is 0 Å². The minimum Gasteiger partial charge on any atom is -0.332 e. The van der Waals surface area contributed by atoms with Crippen LogP contribution in [0.1, 0.15) is 5.82 Å². The molecule has 9 heteroatoms. The van der Waals surface area contributed by atoms with Crippen molar-refractivity contribution in [3.8, 4) is 0 Å². The van der Waals surface area contributed by atoms with E-state index in [0.717, 1.165) is 0 Å². The molecule has 0 fully saturated rings. The summed E-state index contributed by atoms with van der Waals surface area (Å²) in [5.74, 6) is 0.508. The Hall–Kier alpha value is -1.12. The highest BCUT2D eigenvalue weighted by molar-refractivity contribution is 9.10. The van der Waals surface area contributed by atoms with E-state index >= 15 is 0 Å². The van der Waals surface area contributed by atoms with Crippen LogP contribution >= 0.6 is 27.5 Å². The molecule has 0 atom stereocenters. The fraction of sp³-hybridized carbons (Fsp3) is 0.111. The Morgan fingerprint density at radius 1 is 1.39 bits per heavy atom. The first-order chi connectivity index (χ1) is 8.38. The molecule has 0 unspecified atom stereocenters. The number of anilines is 1. The molecule has 18 heavy (non-hydrogen) atoms. The van der Waals surface area contributed by atoms with Crippen LogP contribution in [0, 0.1) is 6.92 Å². The molecule has 0 bridgehead atoms. The van der Waals surface area contributed by atoms with E-state index in [1.807, 2.05) is 0 Å². The molecule has 0 saturated heterocycles. The Morgan fingerprint density at radius 3 is 2.72 bits per heavy atom. The van der Waals surface area contributed by atoms with E-state index < -0.39 is 10.0 Å². The Kier molecular flexibility index (Phi) is 3.60. The maximum Gasteiger partial charge on any atom is 0.279 e. The van der Waals surface area contributed by atoms with E-state index in [1.54, 1.807) is 6.92 Å². The van der Waals surface area contributed by atoms with Crippen LogP contribution in [0.15, 0.2) is 28.0 Å². The lowest BCUT2D eigenvalue weighted by molar-refractivity contribution is 0.598. The van der Waals surface area contributed by atoms with Gasteiger partial charge in [-0.25, -0.2) is 9.97 Å². The summed E-state index contributed by atoms with van der Waals surface area (Å²) < 4.78 is 26.9. The van der Waals surface area contributed by atoms with Crippen molar-refractivity contribution in [1.82, 2.24) is 15.0 Å². The molecule has 2 aromatic rings. The van der Waals surface area contributed by atoms with Gasteiger partial charge in [0.05, 0.1) is 11.9 Å². The average molecular weight is 352 g/mol. The maximum atomic E-state index is 12.0. The molecule has 0 amide bonds. The van der Waals surface area contributed by atoms with Crippen LogP contribution in [0.25, 0.3) is 0 Å². The summed E-state index contributed by atoms with van der Waals surface area (Å²) in [7, 11) is -3.75. The topological polar surface area (TPSA) is 87.7 Å². The molecular formula is C9H8BrClN4O2S. The smallest absolute Gasteiger partial charge is 0.279 e. The first-order valence-electron chi connectivity index (χ1n) is 4.74. The molecule has 0 spiro atoms. The summed E-state index contributed by atoms with van der Waals surface area (Å²) in [6.07, 6.45) is 2.71. The highest BCUT2D eigenvalue weighted by Gasteiger charge is 2.18. The standard InChI is InChI=1S/C9H8BrClN4O2S/c1-5-12-4-8(14-5)18(16,17)15-7-2-6(10)3-13-9(7)11/h2-4,15H,1H3,(H,12,14). The molecule has 0 aliphatic heterocycles. The van der Waals surface area contributed by atoms with Gasteiger partial charge in [0, 0.05) is 10.7 Å². The van der Waals surface area contributed by atoms with Crippen LogP contribution in [-0.2, 0) is 10.0 Å². The molecule has 6 nitrogen and oxygen atoms in total. The van der Waals surface area contributed by atoms with Gasteiger partial charge in [-0.3, -0.25) is 4.72 Å². The first kappa shape index (κ1) is 13.3. The third kappa shape index (κ3) is 2.82. The van der Waals surface area contributed by atoms with Crippen molar-refractivity contribution >= 4 is 43.2 Å². The minimum absolute atomic E-state index is 0.0314. The number of hydrogen-bond donors (Lipinski definition) is 2. The Balaban J connectivity index is 2.36. The summed E-state index contributed by atoms with van der Waals surface area (Å²) in [4.78, 5) is 10.3. The van der Waals surface area contributed by atoms with Crippen LogP contribution < -0.4 is 4.72 Å². The molecule has 0 aliphatic rings. The number of rotatable bonds is 3. The summed E-state index contributed by atoms with van der Waals surface area (Å²) in [5, 5.41) is 0.0362. The largest absolute Gasteiger partial charge is 0.332 e. The molecule has 2 heterocycles. The van der Waals surface area contributed by atoms with Crippen molar-refractivity contribution in [3.05, 3.63) is 33.9 Å². The first-order valence-corrected chi connectivity index (χ1v) is 7.39. The molecule has 2 N–H and O–H groups in total. The van der Waals surface area contributed by atoms with Gasteiger partial charge in [0.1, 0.15) is 5.82 Å². The summed E-state index contributed by atoms with van der Waals surface area (Å²) >= 11 is 9.00. The van der Waals surface area contributed by atoms with Crippen LogP contribution in [0.5, 0.6) is 0 Å². The number of aromatic nitrogens is 3. The van der Waals surface area contributed by atoms with Gasteiger partial charge in [-0.15, -0.1) is 0 Å². The molecule has 0 saturated carbocycles. The molecule has 2 aromatic heterocycles. The SMILES string of the molecule is Cc1ncc(S(=O)(=O)Nc2cc(Br)cnc2Cl)[nH]1. The van der Waals surface area contributed by atoms with E-state index in [0.29, 0.717) is 10.3 Å². The summed E-state index contributed by atoms with van der Waals surface area (Å²) in [6.45, 7) is 1.66. The third-order valence-corrected chi connectivity index (χ3v) is 4.03. The highest BCUT2D eigenvalue weighted by atomic mass is 79.9. The number of aromatic amines is 1. The lowest BCUT2D eigenvalue weighted by Crippen LogP contribution is -2.14. The number of pyridine rings is 1. The highest BCUT2D eigenvalue weighted by Crippen LogP contribution is 2.25. The zero-order valence-corrected chi connectivity index (χ0v) is 12.3. The number of nitrogens with one attached hydrogen (secondary N) is 2. The number of aryl methyl sites for hydroxylation is 1. The van der Waals surface area contributed by atoms with Crippen molar-refractivity contribution < 1.29 is 8.42 Å². The molecule has 0 aromatic carbocycles. The lowest BCUT2D eigenvalue weighted by Gasteiger charge is -2.07. The lowest BCUT2D eigenvalue weighted by atomic mass is 10.4. The monoisotopic (exact) mass is 350 g/mol. The molecule has 0 radical (unpaired) electrons. The zero-order valence-electron chi connectivity index (χ0n) is 9.11. The quantitative estimate of drug-likeness (QED) is 0.831. The van der Waals surface area contributed by atoms with Crippen molar-refractivity contribution in [2.45, 2.75) is 11.9 Å². The van der Waals surface area contributed by atoms with Gasteiger partial charge < -0.3 is 4.98 Å². The van der Waals surface area contributed by atoms with E-state index in [2.05, 4.69) is 35.6 Å². The number of H-pyrrole nitrogens is 1. The van der Waals surface area contributed by atoms with Crippen LogP contribution in [0.3, 0.4) is 0 Å². The van der Waals surface area contributed by atoms with Crippen molar-refractivity contribution in [2.24, 2.45) is 0 Å². The number of hydrogen-bond acceptors (Lipinski definition) is 4. The van der Waals surface area contributed by atoms with E-state index in [-0.39, 0.29) is 15.9 Å². The van der Waals surface area contributed by atoms with E-state index in [9.17, 15) is 8.42 Å². The molecule has 96 valence electrons. The van der Waals surface area contributed by atoms with Gasteiger partial charge in [0.15, 0.2) is 10.2 Å². The zero-order chi connectivity index (χ0) is 13.3. The summed E-state index contributed by atoms with van der Waals surface area (Å²) in [5.41, 5.74) is 0.193. The number of halogens is 2. The van der Waals surface area contributed by atoms with Crippen LogP contribution in [0.2, 0.25) is 5.15 Å². The van der Waals surface area contributed by atoms with Crippen molar-refractivity contribution in [1.29, 1.82) is 0 Å². The Morgan fingerprint density at radius 2 is 2.11 bits per heavy atom. The Bertz CT molecular complexity index is 686. The van der Waals surface area contributed by atoms with Gasteiger partial charge in [-0.05, 0) is 28.9 Å². The second-order valence-electron chi connectivity index (χ2n) is 3.43. The molecule has 2 rings (SSSR count). The van der Waals surface area contributed by atoms with Gasteiger partial charge in [0.2, 0.25) is 0 Å². The van der Waals surface area contributed by atoms with Crippen LogP contribution in [0.4, 0.5) is 5.69 Å². The fourth-order valence-electron chi connectivity index (χ4n) is 1.23. The summed E-state index contributed by atoms with van der Waals surface area (Å²) in [6, 6.07) is 1.52. The van der Waals surface area contributed by atoms with E-state index in [1.165, 1.54) is 18.5 Å². The number of sulfonamides is 1.